The summed E-state index contributed by atoms with van der Waals surface area (Å²) in [6.45, 7) is 15.9. The number of amides is 1. The van der Waals surface area contributed by atoms with E-state index in [1.807, 2.05) is 6.07 Å². The van der Waals surface area contributed by atoms with Crippen molar-refractivity contribution in [1.82, 2.24) is 5.32 Å². The molecular weight excluding hydrogens is 410 g/mol. The Morgan fingerprint density at radius 2 is 1.62 bits per heavy atom. The highest BCUT2D eigenvalue weighted by atomic mass is 32.2. The van der Waals surface area contributed by atoms with Crippen LogP contribution in [0.15, 0.2) is 30.3 Å². The molecule has 0 bridgehead atoms. The summed E-state index contributed by atoms with van der Waals surface area (Å²) in [5.74, 6) is 0. The van der Waals surface area contributed by atoms with Crippen LogP contribution in [0.2, 0.25) is 18.1 Å². The predicted octanol–water partition coefficient (Wildman–Crippen LogP) is 4.19. The molecular formula is C20H35NO6SSi. The SMILES string of the molecule is CC(C)(C)OC(=O)N[C@H](CO[Si](C)(C)C(C)(C)C)[C@H](O[SH](=O)=O)c1ccccc1. The van der Waals surface area contributed by atoms with E-state index in [0.29, 0.717) is 5.56 Å². The van der Waals surface area contributed by atoms with Crippen molar-refractivity contribution >= 4 is 25.4 Å². The van der Waals surface area contributed by atoms with Gasteiger partial charge in [-0.3, -0.25) is 4.18 Å². The van der Waals surface area contributed by atoms with E-state index in [9.17, 15) is 13.2 Å². The lowest BCUT2D eigenvalue weighted by Crippen LogP contribution is -2.49. The molecule has 9 heteroatoms. The lowest BCUT2D eigenvalue weighted by molar-refractivity contribution is 0.0402. The van der Waals surface area contributed by atoms with E-state index in [0.717, 1.165) is 0 Å². The van der Waals surface area contributed by atoms with Gasteiger partial charge in [0.2, 0.25) is 0 Å². The average molecular weight is 446 g/mol. The Morgan fingerprint density at radius 3 is 2.07 bits per heavy atom. The summed E-state index contributed by atoms with van der Waals surface area (Å²) in [5, 5.41) is 2.70. The molecule has 2 atom stereocenters. The van der Waals surface area contributed by atoms with Crippen LogP contribution in [0.1, 0.15) is 53.2 Å². The van der Waals surface area contributed by atoms with Crippen molar-refractivity contribution in [2.24, 2.45) is 0 Å². The number of carbonyl (C=O) groups excluding carboxylic acids is 1. The van der Waals surface area contributed by atoms with E-state index < -0.39 is 43.1 Å². The van der Waals surface area contributed by atoms with Crippen molar-refractivity contribution in [3.63, 3.8) is 0 Å². The number of hydrogen-bond acceptors (Lipinski definition) is 6. The minimum Gasteiger partial charge on any atom is -0.444 e. The summed E-state index contributed by atoms with van der Waals surface area (Å²) >= 11 is 0. The Hall–Kier alpha value is -1.42. The Kier molecular flexibility index (Phi) is 8.88. The van der Waals surface area contributed by atoms with Crippen LogP contribution in [0.5, 0.6) is 0 Å². The van der Waals surface area contributed by atoms with Gasteiger partial charge in [-0.05, 0) is 44.5 Å². The number of hydrogen-bond donors (Lipinski definition) is 2. The molecule has 1 aromatic rings. The van der Waals surface area contributed by atoms with E-state index >= 15 is 0 Å². The Labute approximate surface area is 177 Å². The first-order valence-corrected chi connectivity index (χ1v) is 13.6. The second-order valence-corrected chi connectivity index (χ2v) is 15.0. The molecule has 1 rings (SSSR count). The van der Waals surface area contributed by atoms with Crippen molar-refractivity contribution < 1.29 is 26.6 Å². The zero-order valence-electron chi connectivity index (χ0n) is 18.6. The fourth-order valence-corrected chi connectivity index (χ4v) is 3.76. The lowest BCUT2D eigenvalue weighted by atomic mass is 10.0. The first kappa shape index (κ1) is 25.6. The van der Waals surface area contributed by atoms with Gasteiger partial charge in [0.1, 0.15) is 11.7 Å². The van der Waals surface area contributed by atoms with Crippen molar-refractivity contribution in [2.75, 3.05) is 6.61 Å². The minimum absolute atomic E-state index is 0.0454. The molecule has 0 saturated carbocycles. The Morgan fingerprint density at radius 1 is 1.07 bits per heavy atom. The normalized spacial score (nSPS) is 15.1. The molecule has 7 nitrogen and oxygen atoms in total. The molecule has 166 valence electrons. The van der Waals surface area contributed by atoms with Crippen LogP contribution in [-0.2, 0) is 24.3 Å². The Bertz CT molecular complexity index is 730. The van der Waals surface area contributed by atoms with Crippen molar-refractivity contribution in [3.8, 4) is 0 Å². The fraction of sp³-hybridized carbons (Fsp3) is 0.650. The van der Waals surface area contributed by atoms with Gasteiger partial charge in [0.15, 0.2) is 8.32 Å². The zero-order valence-corrected chi connectivity index (χ0v) is 20.5. The number of benzene rings is 1. The van der Waals surface area contributed by atoms with Crippen LogP contribution in [0.4, 0.5) is 4.79 Å². The molecule has 0 aromatic heterocycles. The van der Waals surface area contributed by atoms with Crippen molar-refractivity contribution in [1.29, 1.82) is 0 Å². The molecule has 0 heterocycles. The van der Waals surface area contributed by atoms with Crippen LogP contribution in [0, 0.1) is 0 Å². The van der Waals surface area contributed by atoms with Gasteiger partial charge in [-0.1, -0.05) is 51.1 Å². The van der Waals surface area contributed by atoms with Gasteiger partial charge in [0.25, 0.3) is 11.0 Å². The summed E-state index contributed by atoms with van der Waals surface area (Å²) in [7, 11) is -5.30. The predicted molar refractivity (Wildman–Crippen MR) is 117 cm³/mol. The second-order valence-electron chi connectivity index (χ2n) is 9.48. The highest BCUT2D eigenvalue weighted by Gasteiger charge is 2.39. The summed E-state index contributed by atoms with van der Waals surface area (Å²) in [5.41, 5.74) is -0.0755. The monoisotopic (exact) mass is 445 g/mol. The van der Waals surface area contributed by atoms with Crippen molar-refractivity contribution in [2.45, 2.75) is 77.4 Å². The fourth-order valence-electron chi connectivity index (χ4n) is 2.28. The van der Waals surface area contributed by atoms with Crippen LogP contribution >= 0.6 is 0 Å². The number of thiol groups is 1. The molecule has 0 unspecified atom stereocenters. The maximum absolute atomic E-state index is 12.4. The van der Waals surface area contributed by atoms with E-state index in [1.165, 1.54) is 0 Å². The summed E-state index contributed by atoms with van der Waals surface area (Å²) in [4.78, 5) is 12.4. The highest BCUT2D eigenvalue weighted by Crippen LogP contribution is 2.37. The second kappa shape index (κ2) is 10.1. The summed E-state index contributed by atoms with van der Waals surface area (Å²) in [6.07, 6.45) is -1.60. The minimum atomic E-state index is -3.15. The number of carbonyl (C=O) groups is 1. The zero-order chi connectivity index (χ0) is 22.5. The molecule has 1 N–H and O–H groups in total. The molecule has 0 saturated heterocycles. The molecule has 0 aliphatic rings. The van der Waals surface area contributed by atoms with E-state index in [-0.39, 0.29) is 11.6 Å². The van der Waals surface area contributed by atoms with Crippen LogP contribution < -0.4 is 5.32 Å². The smallest absolute Gasteiger partial charge is 0.408 e. The highest BCUT2D eigenvalue weighted by molar-refractivity contribution is 7.67. The molecule has 1 aromatic carbocycles. The molecule has 0 aliphatic heterocycles. The van der Waals surface area contributed by atoms with Crippen LogP contribution in [0.3, 0.4) is 0 Å². The van der Waals surface area contributed by atoms with Gasteiger partial charge >= 0.3 is 6.09 Å². The van der Waals surface area contributed by atoms with Gasteiger partial charge in [0, 0.05) is 0 Å². The van der Waals surface area contributed by atoms with Gasteiger partial charge in [0.05, 0.1) is 12.6 Å². The number of alkyl carbamates (subject to hydrolysis) is 1. The summed E-state index contributed by atoms with van der Waals surface area (Å²) < 4.78 is 39.6. The first-order chi connectivity index (χ1) is 13.1. The van der Waals surface area contributed by atoms with Gasteiger partial charge in [-0.15, -0.1) is 0 Å². The quantitative estimate of drug-likeness (QED) is 0.461. The summed E-state index contributed by atoms with van der Waals surface area (Å²) in [6, 6.07) is 8.12. The largest absolute Gasteiger partial charge is 0.444 e. The first-order valence-electron chi connectivity index (χ1n) is 9.62. The molecule has 0 radical (unpaired) electrons. The lowest BCUT2D eigenvalue weighted by Gasteiger charge is -2.38. The van der Waals surface area contributed by atoms with Gasteiger partial charge in [-0.25, -0.2) is 13.2 Å². The van der Waals surface area contributed by atoms with Gasteiger partial charge < -0.3 is 14.5 Å². The van der Waals surface area contributed by atoms with Crippen LogP contribution in [-0.4, -0.2) is 41.1 Å². The average Bonchev–Trinajstić information content (AvgIpc) is 2.54. The number of rotatable bonds is 8. The molecule has 0 spiro atoms. The van der Waals surface area contributed by atoms with Crippen LogP contribution in [0.25, 0.3) is 0 Å². The van der Waals surface area contributed by atoms with E-state index in [2.05, 4.69) is 39.2 Å². The maximum Gasteiger partial charge on any atom is 0.408 e. The Balaban J connectivity index is 3.19. The van der Waals surface area contributed by atoms with Crippen molar-refractivity contribution in [3.05, 3.63) is 35.9 Å². The molecule has 0 fully saturated rings. The maximum atomic E-state index is 12.4. The third kappa shape index (κ3) is 8.86. The number of nitrogens with one attached hydrogen (secondary N) is 1. The standard InChI is InChI=1S/C20H35NO6SSi/c1-19(2,3)26-18(22)21-16(14-25-29(7,8)20(4,5)6)17(27-28(23)24)15-12-10-9-11-13-15/h9-13,16-17,28H,14H2,1-8H3,(H,21,22)/t16-,17-/m1/s1. The topological polar surface area (TPSA) is 90.9 Å². The number of ether oxygens (including phenoxy) is 1. The van der Waals surface area contributed by atoms with E-state index in [4.69, 9.17) is 13.3 Å². The molecule has 29 heavy (non-hydrogen) atoms. The van der Waals surface area contributed by atoms with Gasteiger partial charge in [-0.2, -0.15) is 0 Å². The molecule has 1 amide bonds. The third-order valence-electron chi connectivity index (χ3n) is 4.83. The van der Waals surface area contributed by atoms with E-state index in [1.54, 1.807) is 45.0 Å². The molecule has 0 aliphatic carbocycles. The third-order valence-corrected chi connectivity index (χ3v) is 9.73.